The Morgan fingerprint density at radius 1 is 0.963 bits per heavy atom. The standard InChI is InChI=1S/C23H25NO3/c1-15-4-8-18(9-5-15)19-14-24(11-10-20-26-12-13-27-20)22-17(3)7-6-16(2)21(22)23(19)25/h4-9,14,20H,10-13H2,1-3H3. The van der Waals surface area contributed by atoms with E-state index in [9.17, 15) is 4.79 Å². The van der Waals surface area contributed by atoms with Crippen LogP contribution in [0.3, 0.4) is 0 Å². The summed E-state index contributed by atoms with van der Waals surface area (Å²) in [6.07, 6.45) is 2.60. The lowest BCUT2D eigenvalue weighted by Gasteiger charge is -2.18. The molecule has 1 saturated heterocycles. The number of aromatic nitrogens is 1. The highest BCUT2D eigenvalue weighted by Crippen LogP contribution is 2.25. The van der Waals surface area contributed by atoms with Crippen LogP contribution in [0, 0.1) is 20.8 Å². The van der Waals surface area contributed by atoms with Gasteiger partial charge in [-0.3, -0.25) is 4.79 Å². The van der Waals surface area contributed by atoms with Crippen molar-refractivity contribution in [3.05, 3.63) is 69.5 Å². The molecule has 0 spiro atoms. The van der Waals surface area contributed by atoms with Crippen molar-refractivity contribution in [3.63, 3.8) is 0 Å². The van der Waals surface area contributed by atoms with Gasteiger partial charge < -0.3 is 14.0 Å². The van der Waals surface area contributed by atoms with Crippen LogP contribution in [-0.2, 0) is 16.0 Å². The maximum absolute atomic E-state index is 13.3. The van der Waals surface area contributed by atoms with E-state index in [1.807, 2.05) is 43.5 Å². The first-order chi connectivity index (χ1) is 13.0. The summed E-state index contributed by atoms with van der Waals surface area (Å²) in [5.41, 5.74) is 6.10. The van der Waals surface area contributed by atoms with Crippen LogP contribution in [0.15, 0.2) is 47.4 Å². The SMILES string of the molecule is Cc1ccc(-c2cn(CCC3OCCO3)c3c(C)ccc(C)c3c2=O)cc1. The van der Waals surface area contributed by atoms with Crippen LogP contribution in [-0.4, -0.2) is 24.1 Å². The van der Waals surface area contributed by atoms with Crippen molar-refractivity contribution in [2.75, 3.05) is 13.2 Å². The molecule has 1 aliphatic rings. The van der Waals surface area contributed by atoms with Crippen molar-refractivity contribution < 1.29 is 9.47 Å². The van der Waals surface area contributed by atoms with Crippen molar-refractivity contribution >= 4 is 10.9 Å². The second-order valence-electron chi connectivity index (χ2n) is 7.31. The van der Waals surface area contributed by atoms with Crippen molar-refractivity contribution in [1.82, 2.24) is 4.57 Å². The summed E-state index contributed by atoms with van der Waals surface area (Å²) in [4.78, 5) is 13.3. The summed E-state index contributed by atoms with van der Waals surface area (Å²) in [6, 6.07) is 12.3. The summed E-state index contributed by atoms with van der Waals surface area (Å²) < 4.78 is 13.4. The predicted octanol–water partition coefficient (Wildman–Crippen LogP) is 4.36. The maximum Gasteiger partial charge on any atom is 0.197 e. The fourth-order valence-corrected chi connectivity index (χ4v) is 3.80. The van der Waals surface area contributed by atoms with Gasteiger partial charge in [0.2, 0.25) is 0 Å². The lowest BCUT2D eigenvalue weighted by atomic mass is 9.99. The van der Waals surface area contributed by atoms with Gasteiger partial charge >= 0.3 is 0 Å². The molecule has 4 nitrogen and oxygen atoms in total. The summed E-state index contributed by atoms with van der Waals surface area (Å²) in [6.45, 7) is 8.17. The third-order valence-corrected chi connectivity index (χ3v) is 5.29. The van der Waals surface area contributed by atoms with Crippen LogP contribution >= 0.6 is 0 Å². The highest BCUT2D eigenvalue weighted by Gasteiger charge is 2.18. The Kier molecular flexibility index (Phi) is 4.85. The van der Waals surface area contributed by atoms with E-state index in [2.05, 4.69) is 24.5 Å². The average molecular weight is 363 g/mol. The normalized spacial score (nSPS) is 14.9. The van der Waals surface area contributed by atoms with Crippen LogP contribution in [0.2, 0.25) is 0 Å². The molecular weight excluding hydrogens is 338 g/mol. The van der Waals surface area contributed by atoms with Gasteiger partial charge in [0.15, 0.2) is 11.7 Å². The molecule has 0 bridgehead atoms. The number of aryl methyl sites for hydroxylation is 4. The van der Waals surface area contributed by atoms with Gasteiger partial charge in [-0.1, -0.05) is 42.0 Å². The monoisotopic (exact) mass is 363 g/mol. The number of nitrogens with zero attached hydrogens (tertiary/aromatic N) is 1. The first-order valence-electron chi connectivity index (χ1n) is 9.48. The molecule has 0 saturated carbocycles. The predicted molar refractivity (Wildman–Crippen MR) is 108 cm³/mol. The zero-order valence-electron chi connectivity index (χ0n) is 16.1. The highest BCUT2D eigenvalue weighted by atomic mass is 16.7. The third kappa shape index (κ3) is 3.43. The second-order valence-corrected chi connectivity index (χ2v) is 7.31. The summed E-state index contributed by atoms with van der Waals surface area (Å²) in [5.74, 6) is 0. The van der Waals surface area contributed by atoms with E-state index in [1.54, 1.807) is 0 Å². The quantitative estimate of drug-likeness (QED) is 0.692. The first kappa shape index (κ1) is 18.0. The fourth-order valence-electron chi connectivity index (χ4n) is 3.80. The van der Waals surface area contributed by atoms with Gasteiger partial charge in [0.05, 0.1) is 18.7 Å². The maximum atomic E-state index is 13.3. The van der Waals surface area contributed by atoms with E-state index in [0.717, 1.165) is 46.1 Å². The van der Waals surface area contributed by atoms with Gasteiger partial charge in [-0.05, 0) is 37.5 Å². The van der Waals surface area contributed by atoms with Crippen molar-refractivity contribution in [1.29, 1.82) is 0 Å². The van der Waals surface area contributed by atoms with Crippen LogP contribution in [0.4, 0.5) is 0 Å². The van der Waals surface area contributed by atoms with E-state index in [1.165, 1.54) is 5.56 Å². The van der Waals surface area contributed by atoms with Crippen molar-refractivity contribution in [2.45, 2.75) is 40.0 Å². The largest absolute Gasteiger partial charge is 0.350 e. The molecule has 27 heavy (non-hydrogen) atoms. The van der Waals surface area contributed by atoms with Crippen LogP contribution in [0.1, 0.15) is 23.1 Å². The smallest absolute Gasteiger partial charge is 0.197 e. The molecule has 2 aromatic carbocycles. The molecule has 1 aliphatic heterocycles. The number of pyridine rings is 1. The Morgan fingerprint density at radius 3 is 2.33 bits per heavy atom. The Labute approximate surface area is 159 Å². The average Bonchev–Trinajstić information content (AvgIpc) is 3.18. The molecule has 4 rings (SSSR count). The molecule has 0 N–H and O–H groups in total. The molecular formula is C23H25NO3. The summed E-state index contributed by atoms with van der Waals surface area (Å²) in [7, 11) is 0. The minimum atomic E-state index is -0.160. The molecule has 0 radical (unpaired) electrons. The molecule has 4 heteroatoms. The number of fused-ring (bicyclic) bond motifs is 1. The molecule has 1 aromatic heterocycles. The Balaban J connectivity index is 1.88. The molecule has 0 aliphatic carbocycles. The fraction of sp³-hybridized carbons (Fsp3) is 0.348. The topological polar surface area (TPSA) is 40.5 Å². The van der Waals surface area contributed by atoms with Crippen LogP contribution in [0.5, 0.6) is 0 Å². The molecule has 0 unspecified atom stereocenters. The van der Waals surface area contributed by atoms with Crippen LogP contribution in [0.25, 0.3) is 22.0 Å². The van der Waals surface area contributed by atoms with Gasteiger partial charge in [0.1, 0.15) is 0 Å². The van der Waals surface area contributed by atoms with E-state index in [-0.39, 0.29) is 11.7 Å². The van der Waals surface area contributed by atoms with Gasteiger partial charge in [-0.25, -0.2) is 0 Å². The summed E-state index contributed by atoms with van der Waals surface area (Å²) >= 11 is 0. The molecule has 0 atom stereocenters. The highest BCUT2D eigenvalue weighted by molar-refractivity contribution is 5.89. The number of rotatable bonds is 4. The minimum absolute atomic E-state index is 0.0969. The van der Waals surface area contributed by atoms with Gasteiger partial charge in [0.25, 0.3) is 0 Å². The lowest BCUT2D eigenvalue weighted by Crippen LogP contribution is -2.17. The second kappa shape index (κ2) is 7.29. The number of hydrogen-bond acceptors (Lipinski definition) is 3. The Bertz CT molecular complexity index is 1030. The zero-order valence-corrected chi connectivity index (χ0v) is 16.1. The molecule has 140 valence electrons. The Hall–Kier alpha value is -2.43. The van der Waals surface area contributed by atoms with E-state index in [4.69, 9.17) is 9.47 Å². The number of ether oxygens (including phenoxy) is 2. The number of hydrogen-bond donors (Lipinski definition) is 0. The molecule has 2 heterocycles. The first-order valence-corrected chi connectivity index (χ1v) is 9.48. The van der Waals surface area contributed by atoms with E-state index in [0.29, 0.717) is 13.2 Å². The summed E-state index contributed by atoms with van der Waals surface area (Å²) in [5, 5.41) is 0.807. The zero-order chi connectivity index (χ0) is 19.0. The van der Waals surface area contributed by atoms with Crippen molar-refractivity contribution in [2.24, 2.45) is 0 Å². The van der Waals surface area contributed by atoms with E-state index >= 15 is 0 Å². The van der Waals surface area contributed by atoms with Gasteiger partial charge in [0, 0.05) is 30.1 Å². The lowest BCUT2D eigenvalue weighted by molar-refractivity contribution is -0.0489. The minimum Gasteiger partial charge on any atom is -0.350 e. The molecule has 0 amide bonds. The third-order valence-electron chi connectivity index (χ3n) is 5.29. The molecule has 1 fully saturated rings. The number of benzene rings is 2. The van der Waals surface area contributed by atoms with Crippen LogP contribution < -0.4 is 5.43 Å². The van der Waals surface area contributed by atoms with E-state index < -0.39 is 0 Å². The van der Waals surface area contributed by atoms with Gasteiger partial charge in [-0.2, -0.15) is 0 Å². The molecule has 3 aromatic rings. The van der Waals surface area contributed by atoms with Crippen molar-refractivity contribution in [3.8, 4) is 11.1 Å². The van der Waals surface area contributed by atoms with Gasteiger partial charge in [-0.15, -0.1) is 0 Å². The Morgan fingerprint density at radius 2 is 1.63 bits per heavy atom.